The van der Waals surface area contributed by atoms with E-state index in [1.54, 1.807) is 21.7 Å². The molecule has 0 unspecified atom stereocenters. The molecular formula is C17H17ClN2O3S. The maximum atomic E-state index is 12.2. The van der Waals surface area contributed by atoms with Gasteiger partial charge in [0, 0.05) is 31.6 Å². The molecule has 1 amide bonds. The summed E-state index contributed by atoms with van der Waals surface area (Å²) in [6, 6.07) is 9.36. The highest BCUT2D eigenvalue weighted by Gasteiger charge is 2.23. The maximum absolute atomic E-state index is 12.2. The Kier molecular flexibility index (Phi) is 5.37. The normalized spacial score (nSPS) is 14.5. The maximum Gasteiger partial charge on any atom is 0.339 e. The molecule has 1 saturated heterocycles. The first kappa shape index (κ1) is 16.8. The second-order valence-corrected chi connectivity index (χ2v) is 6.59. The van der Waals surface area contributed by atoms with E-state index in [4.69, 9.17) is 16.3 Å². The number of anilines is 1. The number of hydrogen-bond donors (Lipinski definition) is 0. The Morgan fingerprint density at radius 2 is 1.88 bits per heavy atom. The van der Waals surface area contributed by atoms with Crippen LogP contribution in [0.4, 0.5) is 5.69 Å². The van der Waals surface area contributed by atoms with Crippen LogP contribution in [0.25, 0.3) is 0 Å². The molecule has 0 spiro atoms. The van der Waals surface area contributed by atoms with Crippen LogP contribution in [0.3, 0.4) is 0 Å². The van der Waals surface area contributed by atoms with E-state index in [0.29, 0.717) is 36.8 Å². The highest BCUT2D eigenvalue weighted by atomic mass is 35.5. The Morgan fingerprint density at radius 3 is 2.54 bits per heavy atom. The molecule has 1 aliphatic heterocycles. The summed E-state index contributed by atoms with van der Waals surface area (Å²) in [5.41, 5.74) is 1.46. The van der Waals surface area contributed by atoms with Crippen LogP contribution in [0, 0.1) is 0 Å². The van der Waals surface area contributed by atoms with Crippen molar-refractivity contribution in [2.45, 2.75) is 0 Å². The van der Waals surface area contributed by atoms with Gasteiger partial charge < -0.3 is 14.5 Å². The van der Waals surface area contributed by atoms with Crippen molar-refractivity contribution in [2.75, 3.05) is 37.7 Å². The largest absolute Gasteiger partial charge is 0.452 e. The van der Waals surface area contributed by atoms with Gasteiger partial charge in [0.05, 0.1) is 16.3 Å². The average Bonchev–Trinajstić information content (AvgIpc) is 3.15. The number of halogens is 1. The lowest BCUT2D eigenvalue weighted by Crippen LogP contribution is -2.50. The predicted molar refractivity (Wildman–Crippen MR) is 94.8 cm³/mol. The van der Waals surface area contributed by atoms with Gasteiger partial charge in [0.25, 0.3) is 5.91 Å². The van der Waals surface area contributed by atoms with Crippen molar-refractivity contribution in [3.05, 3.63) is 51.7 Å². The van der Waals surface area contributed by atoms with Crippen LogP contribution >= 0.6 is 22.9 Å². The summed E-state index contributed by atoms with van der Waals surface area (Å²) < 4.78 is 5.07. The summed E-state index contributed by atoms with van der Waals surface area (Å²) in [6.45, 7) is 2.35. The van der Waals surface area contributed by atoms with E-state index in [1.807, 2.05) is 24.3 Å². The summed E-state index contributed by atoms with van der Waals surface area (Å²) in [7, 11) is 0. The molecule has 7 heteroatoms. The fraction of sp³-hybridized carbons (Fsp3) is 0.294. The second-order valence-electron chi connectivity index (χ2n) is 5.41. The van der Waals surface area contributed by atoms with Gasteiger partial charge in [-0.3, -0.25) is 4.79 Å². The van der Waals surface area contributed by atoms with Gasteiger partial charge in [-0.15, -0.1) is 0 Å². The van der Waals surface area contributed by atoms with Crippen molar-refractivity contribution in [1.82, 2.24) is 4.90 Å². The minimum absolute atomic E-state index is 0.169. The number of benzene rings is 1. The van der Waals surface area contributed by atoms with Crippen LogP contribution in [0.5, 0.6) is 0 Å². The first-order chi connectivity index (χ1) is 11.6. The minimum atomic E-state index is -0.459. The summed E-state index contributed by atoms with van der Waals surface area (Å²) in [5.74, 6) is -0.628. The van der Waals surface area contributed by atoms with Gasteiger partial charge in [-0.1, -0.05) is 23.7 Å². The zero-order chi connectivity index (χ0) is 16.9. The van der Waals surface area contributed by atoms with Crippen LogP contribution in [0.15, 0.2) is 41.1 Å². The van der Waals surface area contributed by atoms with Crippen molar-refractivity contribution < 1.29 is 14.3 Å². The van der Waals surface area contributed by atoms with E-state index in [-0.39, 0.29) is 12.5 Å². The molecule has 1 fully saturated rings. The zero-order valence-electron chi connectivity index (χ0n) is 13.0. The number of ether oxygens (including phenoxy) is 1. The Hall–Kier alpha value is -2.05. The van der Waals surface area contributed by atoms with E-state index in [1.165, 1.54) is 11.3 Å². The summed E-state index contributed by atoms with van der Waals surface area (Å²) in [6.07, 6.45) is 0. The highest BCUT2D eigenvalue weighted by Crippen LogP contribution is 2.26. The number of hydrogen-bond acceptors (Lipinski definition) is 5. The molecule has 24 heavy (non-hydrogen) atoms. The standard InChI is InChI=1S/C17H17ClN2O3S/c18-14-3-1-2-4-15(14)19-6-8-20(9-7-19)16(21)11-23-17(22)13-5-10-24-12-13/h1-5,10,12H,6-9,11H2. The second kappa shape index (κ2) is 7.68. The summed E-state index contributed by atoms with van der Waals surface area (Å²) in [5, 5.41) is 4.21. The van der Waals surface area contributed by atoms with Crippen molar-refractivity contribution >= 4 is 40.5 Å². The smallest absolute Gasteiger partial charge is 0.339 e. The number of carbonyl (C=O) groups excluding carboxylic acids is 2. The molecule has 1 aromatic carbocycles. The molecule has 0 aliphatic carbocycles. The Bertz CT molecular complexity index is 712. The van der Waals surface area contributed by atoms with Crippen LogP contribution in [-0.2, 0) is 9.53 Å². The highest BCUT2D eigenvalue weighted by molar-refractivity contribution is 7.08. The topological polar surface area (TPSA) is 49.9 Å². The van der Waals surface area contributed by atoms with E-state index < -0.39 is 5.97 Å². The number of carbonyl (C=O) groups is 2. The number of nitrogens with zero attached hydrogens (tertiary/aromatic N) is 2. The fourth-order valence-corrected chi connectivity index (χ4v) is 3.47. The minimum Gasteiger partial charge on any atom is -0.452 e. The molecule has 2 aromatic rings. The quantitative estimate of drug-likeness (QED) is 0.783. The van der Waals surface area contributed by atoms with Crippen molar-refractivity contribution in [2.24, 2.45) is 0 Å². The van der Waals surface area contributed by atoms with E-state index in [0.717, 1.165) is 5.69 Å². The van der Waals surface area contributed by atoms with Gasteiger partial charge in [0.1, 0.15) is 0 Å². The van der Waals surface area contributed by atoms with Crippen molar-refractivity contribution in [1.29, 1.82) is 0 Å². The molecule has 1 aliphatic rings. The average molecular weight is 365 g/mol. The number of para-hydroxylation sites is 1. The molecule has 0 bridgehead atoms. The van der Waals surface area contributed by atoms with E-state index in [2.05, 4.69) is 4.90 Å². The zero-order valence-corrected chi connectivity index (χ0v) is 14.6. The van der Waals surface area contributed by atoms with Gasteiger partial charge in [-0.25, -0.2) is 4.79 Å². The first-order valence-corrected chi connectivity index (χ1v) is 8.94. The lowest BCUT2D eigenvalue weighted by Gasteiger charge is -2.36. The van der Waals surface area contributed by atoms with Crippen molar-refractivity contribution in [3.63, 3.8) is 0 Å². The molecule has 0 radical (unpaired) electrons. The third-order valence-corrected chi connectivity index (χ3v) is 4.91. The van der Waals surface area contributed by atoms with E-state index >= 15 is 0 Å². The van der Waals surface area contributed by atoms with Crippen LogP contribution < -0.4 is 4.90 Å². The SMILES string of the molecule is O=C(OCC(=O)N1CCN(c2ccccc2Cl)CC1)c1ccsc1. The van der Waals surface area contributed by atoms with Crippen LogP contribution in [-0.4, -0.2) is 49.6 Å². The summed E-state index contributed by atoms with van der Waals surface area (Å²) in [4.78, 5) is 27.8. The van der Waals surface area contributed by atoms with Gasteiger partial charge in [0.2, 0.25) is 0 Å². The van der Waals surface area contributed by atoms with Gasteiger partial charge in [-0.05, 0) is 23.6 Å². The van der Waals surface area contributed by atoms with Gasteiger partial charge in [-0.2, -0.15) is 11.3 Å². The summed E-state index contributed by atoms with van der Waals surface area (Å²) >= 11 is 7.63. The molecule has 126 valence electrons. The van der Waals surface area contributed by atoms with E-state index in [9.17, 15) is 9.59 Å². The molecule has 3 rings (SSSR count). The number of rotatable bonds is 4. The third-order valence-electron chi connectivity index (χ3n) is 3.91. The fourth-order valence-electron chi connectivity index (χ4n) is 2.59. The van der Waals surface area contributed by atoms with Crippen LogP contribution in [0.1, 0.15) is 10.4 Å². The molecule has 0 atom stereocenters. The predicted octanol–water partition coefficient (Wildman–Crippen LogP) is 2.91. The van der Waals surface area contributed by atoms with Crippen molar-refractivity contribution in [3.8, 4) is 0 Å². The monoisotopic (exact) mass is 364 g/mol. The third kappa shape index (κ3) is 3.88. The van der Waals surface area contributed by atoms with Gasteiger partial charge >= 0.3 is 5.97 Å². The number of amides is 1. The molecule has 5 nitrogen and oxygen atoms in total. The first-order valence-electron chi connectivity index (χ1n) is 7.62. The lowest BCUT2D eigenvalue weighted by molar-refractivity contribution is -0.134. The van der Waals surface area contributed by atoms with Crippen LogP contribution in [0.2, 0.25) is 5.02 Å². The molecule has 0 saturated carbocycles. The Morgan fingerprint density at radius 1 is 1.12 bits per heavy atom. The number of thiophene rings is 1. The Balaban J connectivity index is 1.48. The lowest BCUT2D eigenvalue weighted by atomic mass is 10.2. The Labute approximate surface area is 149 Å². The molecular weight excluding hydrogens is 348 g/mol. The molecule has 2 heterocycles. The molecule has 0 N–H and O–H groups in total. The van der Waals surface area contributed by atoms with Gasteiger partial charge in [0.15, 0.2) is 6.61 Å². The number of esters is 1. The number of piperazine rings is 1. The molecule has 1 aromatic heterocycles.